The number of hydrogen-bond acceptors (Lipinski definition) is 5. The molecule has 11 heteroatoms. The van der Waals surface area contributed by atoms with E-state index < -0.39 is 34.2 Å². The summed E-state index contributed by atoms with van der Waals surface area (Å²) in [6, 6.07) is 10.8. The van der Waals surface area contributed by atoms with Gasteiger partial charge in [-0.15, -0.1) is 0 Å². The number of benzene rings is 2. The zero-order valence-electron chi connectivity index (χ0n) is 15.5. The van der Waals surface area contributed by atoms with Gasteiger partial charge in [0.15, 0.2) is 0 Å². The first-order valence-corrected chi connectivity index (χ1v) is 9.97. The van der Waals surface area contributed by atoms with Crippen molar-refractivity contribution >= 4 is 27.8 Å². The Hall–Kier alpha value is -3.08. The molecule has 0 saturated heterocycles. The summed E-state index contributed by atoms with van der Waals surface area (Å²) in [6.45, 7) is -0.621. The average Bonchev–Trinajstić information content (AvgIpc) is 2.65. The third-order valence-electron chi connectivity index (χ3n) is 3.69. The fourth-order valence-corrected chi connectivity index (χ4v) is 3.22. The highest BCUT2D eigenvalue weighted by molar-refractivity contribution is 7.92. The van der Waals surface area contributed by atoms with Crippen LogP contribution < -0.4 is 14.5 Å². The lowest BCUT2D eigenvalue weighted by Crippen LogP contribution is -2.39. The van der Waals surface area contributed by atoms with Crippen molar-refractivity contribution in [3.63, 3.8) is 0 Å². The first-order valence-electron chi connectivity index (χ1n) is 8.12. The Morgan fingerprint density at radius 3 is 2.52 bits per heavy atom. The van der Waals surface area contributed by atoms with Crippen LogP contribution in [0.25, 0.3) is 0 Å². The van der Waals surface area contributed by atoms with Gasteiger partial charge in [0.2, 0.25) is 10.0 Å². The minimum absolute atomic E-state index is 0.188. The second-order valence-corrected chi connectivity index (χ2v) is 7.76. The summed E-state index contributed by atoms with van der Waals surface area (Å²) < 4.78 is 68.8. The van der Waals surface area contributed by atoms with E-state index in [0.717, 1.165) is 22.8 Å². The van der Waals surface area contributed by atoms with E-state index >= 15 is 0 Å². The van der Waals surface area contributed by atoms with E-state index in [0.29, 0.717) is 5.75 Å². The Morgan fingerprint density at radius 1 is 1.21 bits per heavy atom. The maximum Gasteiger partial charge on any atom is 0.417 e. The van der Waals surface area contributed by atoms with Gasteiger partial charge < -0.3 is 4.74 Å². The summed E-state index contributed by atoms with van der Waals surface area (Å²) in [7, 11) is -2.42. The highest BCUT2D eigenvalue weighted by Crippen LogP contribution is 2.31. The molecule has 0 saturated carbocycles. The van der Waals surface area contributed by atoms with Crippen molar-refractivity contribution in [2.75, 3.05) is 24.2 Å². The molecule has 0 aromatic heterocycles. The Balaban J connectivity index is 2.15. The number of hydrogen-bond donors (Lipinski definition) is 1. The van der Waals surface area contributed by atoms with Crippen molar-refractivity contribution in [2.45, 2.75) is 6.18 Å². The molecule has 1 amide bonds. The van der Waals surface area contributed by atoms with Crippen LogP contribution in [0.5, 0.6) is 5.75 Å². The van der Waals surface area contributed by atoms with Crippen LogP contribution in [0.15, 0.2) is 53.6 Å². The van der Waals surface area contributed by atoms with E-state index in [4.69, 9.17) is 4.74 Å². The molecule has 0 aliphatic carbocycles. The number of sulfonamides is 1. The van der Waals surface area contributed by atoms with Gasteiger partial charge in [0.25, 0.3) is 5.91 Å². The SMILES string of the molecule is COc1cccc(N(CC(=O)N/N=C\c2ccccc2C(F)(F)F)S(C)(=O)=O)c1. The number of ether oxygens (including phenoxy) is 1. The molecule has 2 aromatic carbocycles. The Morgan fingerprint density at radius 2 is 1.90 bits per heavy atom. The monoisotopic (exact) mass is 429 g/mol. The maximum atomic E-state index is 13.0. The minimum atomic E-state index is -4.58. The number of carbonyl (C=O) groups is 1. The Kier molecular flexibility index (Phi) is 6.85. The van der Waals surface area contributed by atoms with Gasteiger partial charge in [-0.3, -0.25) is 9.10 Å². The molecule has 0 aliphatic heterocycles. The molecule has 0 heterocycles. The van der Waals surface area contributed by atoms with Gasteiger partial charge in [-0.1, -0.05) is 24.3 Å². The first kappa shape index (κ1) is 22.2. The number of amides is 1. The normalized spacial score (nSPS) is 12.0. The molecule has 156 valence electrons. The molecule has 2 aromatic rings. The summed E-state index contributed by atoms with van der Waals surface area (Å²) in [5.41, 5.74) is 1.07. The van der Waals surface area contributed by atoms with E-state index in [-0.39, 0.29) is 11.3 Å². The van der Waals surface area contributed by atoms with Crippen LogP contribution in [0.1, 0.15) is 11.1 Å². The molecule has 0 atom stereocenters. The molecule has 0 unspecified atom stereocenters. The topological polar surface area (TPSA) is 88.1 Å². The smallest absolute Gasteiger partial charge is 0.417 e. The Labute approximate surface area is 165 Å². The quantitative estimate of drug-likeness (QED) is 0.541. The summed E-state index contributed by atoms with van der Waals surface area (Å²) in [5.74, 6) is -0.447. The van der Waals surface area contributed by atoms with E-state index in [1.807, 2.05) is 5.43 Å². The van der Waals surface area contributed by atoms with Crippen LogP contribution in [0.4, 0.5) is 18.9 Å². The third kappa shape index (κ3) is 6.21. The van der Waals surface area contributed by atoms with E-state index in [9.17, 15) is 26.4 Å². The number of rotatable bonds is 7. The molecule has 0 spiro atoms. The van der Waals surface area contributed by atoms with Gasteiger partial charge in [0, 0.05) is 11.6 Å². The molecule has 1 N–H and O–H groups in total. The predicted molar refractivity (Wildman–Crippen MR) is 102 cm³/mol. The number of halogens is 3. The van der Waals surface area contributed by atoms with Gasteiger partial charge >= 0.3 is 6.18 Å². The van der Waals surface area contributed by atoms with Crippen LogP contribution in [0.2, 0.25) is 0 Å². The van der Waals surface area contributed by atoms with E-state index in [2.05, 4.69) is 5.10 Å². The zero-order valence-corrected chi connectivity index (χ0v) is 16.3. The summed E-state index contributed by atoms with van der Waals surface area (Å²) in [5, 5.41) is 3.51. The number of hydrazone groups is 1. The number of nitrogens with one attached hydrogen (secondary N) is 1. The summed E-state index contributed by atoms with van der Waals surface area (Å²) in [6.07, 6.45) is -2.81. The lowest BCUT2D eigenvalue weighted by atomic mass is 10.1. The van der Waals surface area contributed by atoms with Crippen molar-refractivity contribution in [1.82, 2.24) is 5.43 Å². The minimum Gasteiger partial charge on any atom is -0.497 e. The van der Waals surface area contributed by atoms with Crippen LogP contribution in [-0.4, -0.2) is 40.4 Å². The van der Waals surface area contributed by atoms with Crippen molar-refractivity contribution in [1.29, 1.82) is 0 Å². The van der Waals surface area contributed by atoms with E-state index in [1.54, 1.807) is 12.1 Å². The third-order valence-corrected chi connectivity index (χ3v) is 4.83. The molecule has 29 heavy (non-hydrogen) atoms. The fourth-order valence-electron chi connectivity index (χ4n) is 2.37. The van der Waals surface area contributed by atoms with Crippen molar-refractivity contribution in [3.8, 4) is 5.75 Å². The molecule has 7 nitrogen and oxygen atoms in total. The molecule has 0 bridgehead atoms. The van der Waals surface area contributed by atoms with Crippen molar-refractivity contribution < 1.29 is 31.1 Å². The second kappa shape index (κ2) is 8.95. The first-order chi connectivity index (χ1) is 13.5. The van der Waals surface area contributed by atoms with Crippen LogP contribution in [0, 0.1) is 0 Å². The van der Waals surface area contributed by atoms with Crippen molar-refractivity contribution in [3.05, 3.63) is 59.7 Å². The number of carbonyl (C=O) groups excluding carboxylic acids is 1. The van der Waals surface area contributed by atoms with Crippen molar-refractivity contribution in [2.24, 2.45) is 5.10 Å². The molecule has 2 rings (SSSR count). The molecule has 0 aliphatic rings. The van der Waals surface area contributed by atoms with Crippen LogP contribution in [0.3, 0.4) is 0 Å². The molecule has 0 radical (unpaired) electrons. The highest BCUT2D eigenvalue weighted by Gasteiger charge is 2.32. The largest absolute Gasteiger partial charge is 0.497 e. The standard InChI is InChI=1S/C18H18F3N3O4S/c1-28-15-8-5-7-14(10-15)24(29(2,26)27)12-17(25)23-22-11-13-6-3-4-9-16(13)18(19,20)21/h3-11H,12H2,1-2H3,(H,23,25)/b22-11-. The second-order valence-electron chi connectivity index (χ2n) is 5.85. The number of nitrogens with zero attached hydrogens (tertiary/aromatic N) is 2. The van der Waals surface area contributed by atoms with Gasteiger partial charge in [-0.05, 0) is 18.2 Å². The van der Waals surface area contributed by atoms with Crippen LogP contribution >= 0.6 is 0 Å². The zero-order chi connectivity index (χ0) is 21.7. The summed E-state index contributed by atoms with van der Waals surface area (Å²) in [4.78, 5) is 12.1. The molecule has 0 fully saturated rings. The highest BCUT2D eigenvalue weighted by atomic mass is 32.2. The lowest BCUT2D eigenvalue weighted by molar-refractivity contribution is -0.137. The molecular weight excluding hydrogens is 411 g/mol. The summed E-state index contributed by atoms with van der Waals surface area (Å²) >= 11 is 0. The van der Waals surface area contributed by atoms with Gasteiger partial charge in [-0.25, -0.2) is 13.8 Å². The number of alkyl halides is 3. The average molecular weight is 429 g/mol. The molecular formula is C18H18F3N3O4S. The lowest BCUT2D eigenvalue weighted by Gasteiger charge is -2.21. The Bertz CT molecular complexity index is 1010. The maximum absolute atomic E-state index is 13.0. The fraction of sp³-hybridized carbons (Fsp3) is 0.222. The number of anilines is 1. The van der Waals surface area contributed by atoms with E-state index in [1.165, 1.54) is 37.4 Å². The predicted octanol–water partition coefficient (Wildman–Crippen LogP) is 2.63. The van der Waals surface area contributed by atoms with Crippen LogP contribution in [-0.2, 0) is 21.0 Å². The van der Waals surface area contributed by atoms with Gasteiger partial charge in [0.1, 0.15) is 12.3 Å². The number of methoxy groups -OCH3 is 1. The van der Waals surface area contributed by atoms with Gasteiger partial charge in [-0.2, -0.15) is 18.3 Å². The van der Waals surface area contributed by atoms with Gasteiger partial charge in [0.05, 0.1) is 30.8 Å².